The van der Waals surface area contributed by atoms with E-state index in [0.29, 0.717) is 0 Å². The summed E-state index contributed by atoms with van der Waals surface area (Å²) in [5.41, 5.74) is 3.90. The van der Waals surface area contributed by atoms with E-state index in [4.69, 9.17) is 9.73 Å². The van der Waals surface area contributed by atoms with E-state index in [9.17, 15) is 0 Å². The van der Waals surface area contributed by atoms with Crippen LogP contribution in [0.2, 0.25) is 0 Å². The summed E-state index contributed by atoms with van der Waals surface area (Å²) in [5, 5.41) is 3.41. The van der Waals surface area contributed by atoms with Crippen LogP contribution in [0, 0.1) is 0 Å². The lowest BCUT2D eigenvalue weighted by Gasteiger charge is -2.20. The van der Waals surface area contributed by atoms with Gasteiger partial charge in [0.25, 0.3) is 0 Å². The molecule has 4 aromatic rings. The molecule has 0 spiro atoms. The molecule has 1 heterocycles. The van der Waals surface area contributed by atoms with Crippen LogP contribution >= 0.6 is 0 Å². The predicted octanol–water partition coefficient (Wildman–Crippen LogP) is 6.03. The van der Waals surface area contributed by atoms with Crippen molar-refractivity contribution in [3.8, 4) is 5.75 Å². The van der Waals surface area contributed by atoms with E-state index in [0.717, 1.165) is 45.3 Å². The number of fused-ring (bicyclic) bond motifs is 2. The van der Waals surface area contributed by atoms with Crippen molar-refractivity contribution in [2.75, 3.05) is 7.05 Å². The molecule has 0 N–H and O–H groups in total. The summed E-state index contributed by atoms with van der Waals surface area (Å²) in [6.07, 6.45) is 2.91. The van der Waals surface area contributed by atoms with Crippen LogP contribution in [0.5, 0.6) is 5.75 Å². The average Bonchev–Trinajstić information content (AvgIpc) is 2.75. The number of aromatic nitrogens is 1. The maximum absolute atomic E-state index is 6.32. The maximum atomic E-state index is 6.32. The van der Waals surface area contributed by atoms with Gasteiger partial charge in [-0.25, -0.2) is 0 Å². The molecule has 0 aliphatic heterocycles. The van der Waals surface area contributed by atoms with Crippen LogP contribution in [-0.4, -0.2) is 23.8 Å². The maximum Gasteiger partial charge on any atom is 0.129 e. The number of benzene rings is 3. The number of pyridine rings is 1. The molecular formula is C25H24N2O. The van der Waals surface area contributed by atoms with Gasteiger partial charge in [-0.1, -0.05) is 61.5 Å². The molecule has 140 valence electrons. The smallest absolute Gasteiger partial charge is 0.129 e. The summed E-state index contributed by atoms with van der Waals surface area (Å²) < 4.78 is 6.32. The second-order valence-corrected chi connectivity index (χ2v) is 6.95. The minimum absolute atomic E-state index is 0.128. The van der Waals surface area contributed by atoms with E-state index in [1.807, 2.05) is 19.3 Å². The number of ether oxygens (including phenoxy) is 1. The molecule has 4 rings (SSSR count). The van der Waals surface area contributed by atoms with Crippen LogP contribution in [-0.2, 0) is 0 Å². The Kier molecular flexibility index (Phi) is 5.07. The van der Waals surface area contributed by atoms with Crippen LogP contribution in [0.25, 0.3) is 21.7 Å². The van der Waals surface area contributed by atoms with E-state index >= 15 is 0 Å². The van der Waals surface area contributed by atoms with Gasteiger partial charge in [-0.2, -0.15) is 0 Å². The second-order valence-electron chi connectivity index (χ2n) is 6.95. The van der Waals surface area contributed by atoms with Gasteiger partial charge in [-0.3, -0.25) is 9.98 Å². The number of aliphatic imine (C=N–C) groups is 1. The molecule has 3 aromatic carbocycles. The lowest BCUT2D eigenvalue weighted by molar-refractivity contribution is 0.217. The van der Waals surface area contributed by atoms with Gasteiger partial charge < -0.3 is 4.74 Å². The van der Waals surface area contributed by atoms with Crippen LogP contribution in [0.3, 0.4) is 0 Å². The number of para-hydroxylation sites is 1. The predicted molar refractivity (Wildman–Crippen MR) is 118 cm³/mol. The largest absolute Gasteiger partial charge is 0.490 e. The fraction of sp³-hybridized carbons (Fsp3) is 0.200. The van der Waals surface area contributed by atoms with Crippen molar-refractivity contribution in [3.63, 3.8) is 0 Å². The first-order chi connectivity index (χ1) is 13.7. The molecule has 0 bridgehead atoms. The van der Waals surface area contributed by atoms with Crippen LogP contribution < -0.4 is 4.74 Å². The van der Waals surface area contributed by atoms with Gasteiger partial charge in [-0.15, -0.1) is 0 Å². The van der Waals surface area contributed by atoms with Gasteiger partial charge in [-0.05, 0) is 36.2 Å². The minimum Gasteiger partial charge on any atom is -0.490 e. The Labute approximate surface area is 165 Å². The molecule has 0 amide bonds. The third-order valence-electron chi connectivity index (χ3n) is 5.14. The standard InChI is InChI=1S/C25H24N2O/c1-4-17(2)28-22-15-14-18-9-5-6-12-20(18)23(22)25(26-3)21-13-7-10-19-11-8-16-27-24(19)21/h5-17H,4H2,1-3H3/t17-/m1/s1. The molecule has 0 saturated heterocycles. The number of rotatable bonds is 5. The van der Waals surface area contributed by atoms with E-state index < -0.39 is 0 Å². The lowest BCUT2D eigenvalue weighted by atomic mass is 9.94. The molecule has 0 unspecified atom stereocenters. The van der Waals surface area contributed by atoms with Crippen molar-refractivity contribution in [2.24, 2.45) is 4.99 Å². The van der Waals surface area contributed by atoms with Gasteiger partial charge in [0.15, 0.2) is 0 Å². The normalized spacial score (nSPS) is 13.0. The fourth-order valence-electron chi connectivity index (χ4n) is 3.56. The van der Waals surface area contributed by atoms with E-state index in [1.54, 1.807) is 0 Å². The molecule has 0 aliphatic carbocycles. The van der Waals surface area contributed by atoms with Crippen LogP contribution in [0.4, 0.5) is 0 Å². The zero-order valence-corrected chi connectivity index (χ0v) is 16.5. The van der Waals surface area contributed by atoms with Gasteiger partial charge in [0.1, 0.15) is 5.75 Å². The SMILES string of the molecule is CC[C@@H](C)Oc1ccc2ccccc2c1C(=NC)c1cccc2cccnc12. The first-order valence-electron chi connectivity index (χ1n) is 9.72. The molecule has 0 radical (unpaired) electrons. The highest BCUT2D eigenvalue weighted by Crippen LogP contribution is 2.33. The van der Waals surface area contributed by atoms with Crippen molar-refractivity contribution in [1.29, 1.82) is 0 Å². The number of hydrogen-bond donors (Lipinski definition) is 0. The zero-order chi connectivity index (χ0) is 19.5. The summed E-state index contributed by atoms with van der Waals surface area (Å²) in [5.74, 6) is 0.863. The van der Waals surface area contributed by atoms with Gasteiger partial charge >= 0.3 is 0 Å². The zero-order valence-electron chi connectivity index (χ0n) is 16.5. The monoisotopic (exact) mass is 368 g/mol. The summed E-state index contributed by atoms with van der Waals surface area (Å²) >= 11 is 0. The molecular weight excluding hydrogens is 344 g/mol. The summed E-state index contributed by atoms with van der Waals surface area (Å²) in [6, 6.07) is 22.8. The highest BCUT2D eigenvalue weighted by molar-refractivity contribution is 6.24. The Bertz CT molecular complexity index is 1160. The average molecular weight is 368 g/mol. The Morgan fingerprint density at radius 3 is 2.57 bits per heavy atom. The molecule has 3 heteroatoms. The highest BCUT2D eigenvalue weighted by Gasteiger charge is 2.19. The van der Waals surface area contributed by atoms with Crippen molar-refractivity contribution < 1.29 is 4.74 Å². The van der Waals surface area contributed by atoms with Crippen molar-refractivity contribution in [2.45, 2.75) is 26.4 Å². The van der Waals surface area contributed by atoms with Gasteiger partial charge in [0, 0.05) is 24.2 Å². The summed E-state index contributed by atoms with van der Waals surface area (Å²) in [4.78, 5) is 9.36. The molecule has 0 saturated carbocycles. The minimum atomic E-state index is 0.128. The molecule has 0 fully saturated rings. The van der Waals surface area contributed by atoms with E-state index in [-0.39, 0.29) is 6.10 Å². The molecule has 1 aromatic heterocycles. The van der Waals surface area contributed by atoms with Crippen molar-refractivity contribution >= 4 is 27.4 Å². The molecule has 3 nitrogen and oxygen atoms in total. The second kappa shape index (κ2) is 7.81. The third kappa shape index (κ3) is 3.24. The number of nitrogens with zero attached hydrogens (tertiary/aromatic N) is 2. The third-order valence-corrected chi connectivity index (χ3v) is 5.14. The molecule has 1 atom stereocenters. The van der Waals surface area contributed by atoms with Gasteiger partial charge in [0.2, 0.25) is 0 Å². The fourth-order valence-corrected chi connectivity index (χ4v) is 3.56. The van der Waals surface area contributed by atoms with E-state index in [1.165, 1.54) is 5.39 Å². The summed E-state index contributed by atoms with van der Waals surface area (Å²) in [7, 11) is 1.84. The lowest BCUT2D eigenvalue weighted by Crippen LogP contribution is -2.14. The van der Waals surface area contributed by atoms with E-state index in [2.05, 4.69) is 79.5 Å². The Morgan fingerprint density at radius 1 is 0.964 bits per heavy atom. The van der Waals surface area contributed by atoms with Crippen LogP contribution in [0.1, 0.15) is 31.4 Å². The summed E-state index contributed by atoms with van der Waals surface area (Å²) in [6.45, 7) is 4.23. The Hall–Kier alpha value is -3.20. The van der Waals surface area contributed by atoms with Gasteiger partial charge in [0.05, 0.1) is 22.9 Å². The van der Waals surface area contributed by atoms with Crippen LogP contribution in [0.15, 0.2) is 77.9 Å². The van der Waals surface area contributed by atoms with Crippen molar-refractivity contribution in [1.82, 2.24) is 4.98 Å². The highest BCUT2D eigenvalue weighted by atomic mass is 16.5. The molecule has 28 heavy (non-hydrogen) atoms. The number of hydrogen-bond acceptors (Lipinski definition) is 3. The molecule has 0 aliphatic rings. The Morgan fingerprint density at radius 2 is 1.75 bits per heavy atom. The first kappa shape index (κ1) is 18.2. The Balaban J connectivity index is 2.01. The van der Waals surface area contributed by atoms with Crippen molar-refractivity contribution in [3.05, 3.63) is 84.1 Å². The topological polar surface area (TPSA) is 34.5 Å². The first-order valence-corrected chi connectivity index (χ1v) is 9.72. The quantitative estimate of drug-likeness (QED) is 0.403.